The number of thiazole rings is 1. The molecule has 2 aromatic heterocycles. The van der Waals surface area contributed by atoms with Gasteiger partial charge in [-0.3, -0.25) is 14.6 Å². The fourth-order valence-corrected chi connectivity index (χ4v) is 3.08. The van der Waals surface area contributed by atoms with Gasteiger partial charge in [0.1, 0.15) is 17.3 Å². The molecular weight excluding hydrogens is 326 g/mol. The molecule has 3 aromatic rings. The van der Waals surface area contributed by atoms with E-state index in [4.69, 9.17) is 4.74 Å². The van der Waals surface area contributed by atoms with E-state index in [1.807, 2.05) is 25.1 Å². The molecule has 6 nitrogen and oxygen atoms in total. The summed E-state index contributed by atoms with van der Waals surface area (Å²) in [6.45, 7) is 1.93. The Bertz CT molecular complexity index is 884. The molecule has 1 N–H and O–H groups in total. The third-order valence-corrected chi connectivity index (χ3v) is 4.41. The highest BCUT2D eigenvalue weighted by Gasteiger charge is 2.16. The van der Waals surface area contributed by atoms with Gasteiger partial charge in [-0.1, -0.05) is 6.92 Å². The molecule has 0 atom stereocenters. The van der Waals surface area contributed by atoms with E-state index >= 15 is 0 Å². The number of anilines is 1. The Morgan fingerprint density at radius 1 is 1.38 bits per heavy atom. The summed E-state index contributed by atoms with van der Waals surface area (Å²) in [5.41, 5.74) is 3.08. The maximum atomic E-state index is 12.3. The molecular formula is C17H17N3O3S. The van der Waals surface area contributed by atoms with Gasteiger partial charge in [-0.15, -0.1) is 11.3 Å². The Labute approximate surface area is 143 Å². The van der Waals surface area contributed by atoms with Crippen LogP contribution in [-0.4, -0.2) is 28.4 Å². The van der Waals surface area contributed by atoms with Gasteiger partial charge in [0.05, 0.1) is 24.3 Å². The van der Waals surface area contributed by atoms with Gasteiger partial charge in [0.2, 0.25) is 5.91 Å². The molecule has 3 rings (SSSR count). The molecule has 0 spiro atoms. The normalized spacial score (nSPS) is 10.8. The zero-order chi connectivity index (χ0) is 17.1. The van der Waals surface area contributed by atoms with Gasteiger partial charge < -0.3 is 14.6 Å². The average Bonchev–Trinajstić information content (AvgIpc) is 3.22. The predicted molar refractivity (Wildman–Crippen MR) is 93.9 cm³/mol. The number of fused-ring (bicyclic) bond motifs is 1. The maximum Gasteiger partial charge on any atom is 0.244 e. The van der Waals surface area contributed by atoms with Gasteiger partial charge in [-0.25, -0.2) is 0 Å². The molecule has 0 aliphatic heterocycles. The first-order valence-electron chi connectivity index (χ1n) is 7.50. The van der Waals surface area contributed by atoms with Crippen LogP contribution in [0.3, 0.4) is 0 Å². The maximum absolute atomic E-state index is 12.3. The molecule has 24 heavy (non-hydrogen) atoms. The summed E-state index contributed by atoms with van der Waals surface area (Å²) in [5, 5.41) is 4.32. The van der Waals surface area contributed by atoms with Crippen molar-refractivity contribution in [2.45, 2.75) is 19.9 Å². The molecule has 1 amide bonds. The number of carbonyl (C=O) groups excluding carboxylic acids is 2. The number of hydrogen-bond donors (Lipinski definition) is 1. The number of methoxy groups -OCH3 is 1. The van der Waals surface area contributed by atoms with E-state index in [0.29, 0.717) is 22.7 Å². The van der Waals surface area contributed by atoms with Gasteiger partial charge in [0.15, 0.2) is 5.78 Å². The van der Waals surface area contributed by atoms with E-state index in [2.05, 4.69) is 10.3 Å². The molecule has 0 unspecified atom stereocenters. The number of rotatable bonds is 6. The fraction of sp³-hybridized carbons (Fsp3) is 0.235. The van der Waals surface area contributed by atoms with Gasteiger partial charge in [0, 0.05) is 29.6 Å². The minimum Gasteiger partial charge on any atom is -0.497 e. The monoisotopic (exact) mass is 343 g/mol. The summed E-state index contributed by atoms with van der Waals surface area (Å²) in [4.78, 5) is 28.4. The number of ketones is 1. The van der Waals surface area contributed by atoms with E-state index in [1.54, 1.807) is 29.6 Å². The highest BCUT2D eigenvalue weighted by Crippen LogP contribution is 2.27. The van der Waals surface area contributed by atoms with Crippen LogP contribution in [0.4, 0.5) is 5.00 Å². The standard InChI is InChI=1S/C17H17N3O3S/c1-3-15(21)13-8-20(9-16(22)19-17-7-18-10-24-17)14-6-11(23-2)4-5-12(13)14/h4-8,10H,3,9H2,1-2H3,(H,19,22). The Morgan fingerprint density at radius 3 is 2.88 bits per heavy atom. The van der Waals surface area contributed by atoms with Crippen molar-refractivity contribution >= 4 is 38.9 Å². The van der Waals surface area contributed by atoms with E-state index in [9.17, 15) is 9.59 Å². The number of nitrogens with zero attached hydrogens (tertiary/aromatic N) is 2. The van der Waals surface area contributed by atoms with E-state index in [0.717, 1.165) is 10.9 Å². The molecule has 2 heterocycles. The van der Waals surface area contributed by atoms with E-state index < -0.39 is 0 Å². The van der Waals surface area contributed by atoms with Crippen molar-refractivity contribution in [2.75, 3.05) is 12.4 Å². The van der Waals surface area contributed by atoms with Crippen LogP contribution in [0.25, 0.3) is 10.9 Å². The van der Waals surface area contributed by atoms with Crippen molar-refractivity contribution in [2.24, 2.45) is 0 Å². The topological polar surface area (TPSA) is 73.2 Å². The number of nitrogens with one attached hydrogen (secondary N) is 1. The molecule has 7 heteroatoms. The predicted octanol–water partition coefficient (Wildman–Crippen LogP) is 3.34. The van der Waals surface area contributed by atoms with Gasteiger partial charge in [-0.05, 0) is 12.1 Å². The number of ether oxygens (including phenoxy) is 1. The summed E-state index contributed by atoms with van der Waals surface area (Å²) in [6, 6.07) is 5.51. The molecule has 0 fully saturated rings. The van der Waals surface area contributed by atoms with Crippen molar-refractivity contribution in [3.05, 3.63) is 41.7 Å². The largest absolute Gasteiger partial charge is 0.497 e. The molecule has 124 valence electrons. The van der Waals surface area contributed by atoms with Crippen LogP contribution in [0.1, 0.15) is 23.7 Å². The van der Waals surface area contributed by atoms with E-state index in [-0.39, 0.29) is 18.2 Å². The smallest absolute Gasteiger partial charge is 0.244 e. The highest BCUT2D eigenvalue weighted by atomic mass is 32.1. The first-order chi connectivity index (χ1) is 11.6. The molecule has 0 saturated heterocycles. The summed E-state index contributed by atoms with van der Waals surface area (Å²) >= 11 is 1.36. The van der Waals surface area contributed by atoms with Crippen molar-refractivity contribution in [1.82, 2.24) is 9.55 Å². The quantitative estimate of drug-likeness (QED) is 0.697. The molecule has 0 bridgehead atoms. The number of Topliss-reactive ketones (excluding diaryl/α,β-unsaturated/α-hetero) is 1. The SMILES string of the molecule is CCC(=O)c1cn(CC(=O)Nc2cncs2)c2cc(OC)ccc12. The zero-order valence-corrected chi connectivity index (χ0v) is 14.2. The summed E-state index contributed by atoms with van der Waals surface area (Å²) < 4.78 is 7.03. The molecule has 0 radical (unpaired) electrons. The van der Waals surface area contributed by atoms with Crippen LogP contribution in [-0.2, 0) is 11.3 Å². The Balaban J connectivity index is 1.96. The van der Waals surface area contributed by atoms with Crippen LogP contribution < -0.4 is 10.1 Å². The van der Waals surface area contributed by atoms with Crippen LogP contribution in [0.5, 0.6) is 5.75 Å². The minimum atomic E-state index is -0.172. The van der Waals surface area contributed by atoms with Crippen molar-refractivity contribution in [3.8, 4) is 5.75 Å². The second-order valence-electron chi connectivity index (χ2n) is 5.24. The van der Waals surface area contributed by atoms with Crippen molar-refractivity contribution in [3.63, 3.8) is 0 Å². The number of aromatic nitrogens is 2. The molecule has 1 aromatic carbocycles. The van der Waals surface area contributed by atoms with Gasteiger partial charge in [0.25, 0.3) is 0 Å². The summed E-state index contributed by atoms with van der Waals surface area (Å²) in [7, 11) is 1.59. The third-order valence-electron chi connectivity index (χ3n) is 3.72. The number of benzene rings is 1. The van der Waals surface area contributed by atoms with Crippen molar-refractivity contribution in [1.29, 1.82) is 0 Å². The first kappa shape index (κ1) is 16.2. The van der Waals surface area contributed by atoms with Crippen LogP contribution in [0.15, 0.2) is 36.1 Å². The highest BCUT2D eigenvalue weighted by molar-refractivity contribution is 7.13. The zero-order valence-electron chi connectivity index (χ0n) is 13.4. The molecule has 0 aliphatic carbocycles. The second-order valence-corrected chi connectivity index (χ2v) is 6.13. The lowest BCUT2D eigenvalue weighted by atomic mass is 10.1. The summed E-state index contributed by atoms with van der Waals surface area (Å²) in [5.74, 6) is 0.557. The third kappa shape index (κ3) is 3.16. The second kappa shape index (κ2) is 6.84. The lowest BCUT2D eigenvalue weighted by Crippen LogP contribution is -2.17. The number of amides is 1. The lowest BCUT2D eigenvalue weighted by Gasteiger charge is -2.06. The minimum absolute atomic E-state index is 0.0479. The van der Waals surface area contributed by atoms with Gasteiger partial charge >= 0.3 is 0 Å². The fourth-order valence-electron chi connectivity index (χ4n) is 2.55. The van der Waals surface area contributed by atoms with Gasteiger partial charge in [-0.2, -0.15) is 0 Å². The molecule has 0 saturated carbocycles. The summed E-state index contributed by atoms with van der Waals surface area (Å²) in [6.07, 6.45) is 3.76. The van der Waals surface area contributed by atoms with Crippen LogP contribution in [0.2, 0.25) is 0 Å². The Morgan fingerprint density at radius 2 is 2.21 bits per heavy atom. The lowest BCUT2D eigenvalue weighted by molar-refractivity contribution is -0.116. The Kier molecular flexibility index (Phi) is 4.61. The first-order valence-corrected chi connectivity index (χ1v) is 8.38. The van der Waals surface area contributed by atoms with Crippen LogP contribution >= 0.6 is 11.3 Å². The van der Waals surface area contributed by atoms with Crippen LogP contribution in [0, 0.1) is 0 Å². The Hall–Kier alpha value is -2.67. The van der Waals surface area contributed by atoms with E-state index in [1.165, 1.54) is 11.3 Å². The number of hydrogen-bond acceptors (Lipinski definition) is 5. The average molecular weight is 343 g/mol. The number of carbonyl (C=O) groups is 2. The molecule has 0 aliphatic rings. The van der Waals surface area contributed by atoms with Crippen molar-refractivity contribution < 1.29 is 14.3 Å².